The number of piperidine rings is 1. The number of rotatable bonds is 2. The first-order valence-corrected chi connectivity index (χ1v) is 12.4. The number of carbonyl (C=O) groups excluding carboxylic acids is 1. The molecule has 7 heteroatoms. The molecule has 34 heavy (non-hydrogen) atoms. The van der Waals surface area contributed by atoms with Gasteiger partial charge < -0.3 is 19.7 Å². The van der Waals surface area contributed by atoms with Crippen LogP contribution in [0.25, 0.3) is 11.0 Å². The van der Waals surface area contributed by atoms with E-state index in [2.05, 4.69) is 27.0 Å². The second-order valence-electron chi connectivity index (χ2n) is 9.77. The molecule has 2 aromatic carbocycles. The molecule has 7 nitrogen and oxygen atoms in total. The molecular weight excluding hydrogens is 428 g/mol. The highest BCUT2D eigenvalue weighted by Crippen LogP contribution is 2.37. The highest BCUT2D eigenvalue weighted by Gasteiger charge is 2.34. The van der Waals surface area contributed by atoms with E-state index < -0.39 is 0 Å². The molecule has 180 valence electrons. The molecule has 1 amide bonds. The average Bonchev–Trinajstić information content (AvgIpc) is 3.34. The molecule has 1 fully saturated rings. The Labute approximate surface area is 200 Å². The molecule has 0 atom stereocenters. The van der Waals surface area contributed by atoms with Gasteiger partial charge in [-0.15, -0.1) is 0 Å². The van der Waals surface area contributed by atoms with Gasteiger partial charge in [0.15, 0.2) is 0 Å². The van der Waals surface area contributed by atoms with Gasteiger partial charge in [-0.2, -0.15) is 0 Å². The van der Waals surface area contributed by atoms with E-state index >= 15 is 0 Å². The van der Waals surface area contributed by atoms with E-state index in [-0.39, 0.29) is 17.9 Å². The van der Waals surface area contributed by atoms with Gasteiger partial charge in [-0.05, 0) is 68.5 Å². The second kappa shape index (κ2) is 10.2. The number of nitrogens with one attached hydrogen (secondary N) is 1. The molecule has 0 spiro atoms. The highest BCUT2D eigenvalue weighted by molar-refractivity contribution is 5.97. The third kappa shape index (κ3) is 4.95. The lowest BCUT2D eigenvalue weighted by Crippen LogP contribution is -2.41. The molecule has 0 aliphatic carbocycles. The number of nitrogens with zero attached hydrogens (tertiary/aromatic N) is 3. The van der Waals surface area contributed by atoms with Crippen LogP contribution in [0.3, 0.4) is 0 Å². The Balaban J connectivity index is 1.36. The molecule has 6 rings (SSSR count). The summed E-state index contributed by atoms with van der Waals surface area (Å²) in [5.74, 6) is 0.907. The molecule has 2 bridgehead atoms. The molecule has 1 saturated heterocycles. The SMILES string of the molecule is O=C(c1ccc2nc[nH]c2c1)N1CCCCC2(CO)CCN(CC2)Cc2ccccc2OCC1. The lowest BCUT2D eigenvalue weighted by Gasteiger charge is -2.41. The van der Waals surface area contributed by atoms with Crippen LogP contribution >= 0.6 is 0 Å². The molecular formula is C27H34N4O3. The van der Waals surface area contributed by atoms with Crippen LogP contribution in [0, 0.1) is 5.41 Å². The van der Waals surface area contributed by atoms with Crippen LogP contribution in [-0.4, -0.2) is 70.2 Å². The minimum Gasteiger partial charge on any atom is -0.491 e. The van der Waals surface area contributed by atoms with Crippen LogP contribution in [0.1, 0.15) is 48.0 Å². The summed E-state index contributed by atoms with van der Waals surface area (Å²) in [6.45, 7) is 4.75. The van der Waals surface area contributed by atoms with E-state index in [0.717, 1.165) is 68.5 Å². The third-order valence-electron chi connectivity index (χ3n) is 7.58. The maximum absolute atomic E-state index is 13.4. The maximum atomic E-state index is 13.4. The molecule has 3 aliphatic rings. The van der Waals surface area contributed by atoms with Crippen molar-refractivity contribution < 1.29 is 14.6 Å². The van der Waals surface area contributed by atoms with E-state index in [9.17, 15) is 9.90 Å². The maximum Gasteiger partial charge on any atom is 0.254 e. The number of carbonyl (C=O) groups is 1. The lowest BCUT2D eigenvalue weighted by molar-refractivity contribution is 0.0319. The first-order chi connectivity index (χ1) is 16.7. The predicted octanol–water partition coefficient (Wildman–Crippen LogP) is 3.84. The number of aromatic amines is 1. The number of amides is 1. The number of benzene rings is 2. The molecule has 0 saturated carbocycles. The first kappa shape index (κ1) is 22.9. The Kier molecular flexibility index (Phi) is 6.83. The van der Waals surface area contributed by atoms with Crippen LogP contribution in [0.2, 0.25) is 0 Å². The molecule has 3 aromatic rings. The molecule has 2 N–H and O–H groups in total. The first-order valence-electron chi connectivity index (χ1n) is 12.4. The van der Waals surface area contributed by atoms with Crippen molar-refractivity contribution in [3.05, 3.63) is 59.9 Å². The topological polar surface area (TPSA) is 81.7 Å². The quantitative estimate of drug-likeness (QED) is 0.605. The number of aliphatic hydroxyl groups is 1. The summed E-state index contributed by atoms with van der Waals surface area (Å²) < 4.78 is 6.21. The van der Waals surface area contributed by atoms with E-state index in [1.807, 2.05) is 35.2 Å². The van der Waals surface area contributed by atoms with Gasteiger partial charge in [-0.1, -0.05) is 24.6 Å². The Morgan fingerprint density at radius 1 is 1.06 bits per heavy atom. The average molecular weight is 463 g/mol. The monoisotopic (exact) mass is 462 g/mol. The van der Waals surface area contributed by atoms with Crippen molar-refractivity contribution in [1.29, 1.82) is 0 Å². The van der Waals surface area contributed by atoms with E-state index in [1.165, 1.54) is 5.56 Å². The fourth-order valence-electron chi connectivity index (χ4n) is 5.32. The minimum absolute atomic E-state index is 0.00713. The molecule has 0 radical (unpaired) electrons. The van der Waals surface area contributed by atoms with Crippen molar-refractivity contribution in [2.75, 3.05) is 39.4 Å². The van der Waals surface area contributed by atoms with E-state index in [0.29, 0.717) is 25.3 Å². The van der Waals surface area contributed by atoms with Crippen LogP contribution in [0.15, 0.2) is 48.8 Å². The van der Waals surface area contributed by atoms with E-state index in [4.69, 9.17) is 4.74 Å². The van der Waals surface area contributed by atoms with Crippen LogP contribution < -0.4 is 4.74 Å². The number of imidazole rings is 1. The zero-order valence-corrected chi connectivity index (χ0v) is 19.7. The van der Waals surface area contributed by atoms with Crippen LogP contribution in [0.4, 0.5) is 0 Å². The van der Waals surface area contributed by atoms with Crippen molar-refractivity contribution >= 4 is 16.9 Å². The van der Waals surface area contributed by atoms with Gasteiger partial charge in [-0.3, -0.25) is 9.69 Å². The predicted molar refractivity (Wildman–Crippen MR) is 132 cm³/mol. The van der Waals surface area contributed by atoms with Crippen molar-refractivity contribution in [2.24, 2.45) is 5.41 Å². The van der Waals surface area contributed by atoms with Crippen molar-refractivity contribution in [2.45, 2.75) is 38.6 Å². The Hall–Kier alpha value is -2.90. The zero-order valence-electron chi connectivity index (χ0n) is 19.7. The van der Waals surface area contributed by atoms with Gasteiger partial charge in [0.2, 0.25) is 0 Å². The van der Waals surface area contributed by atoms with E-state index in [1.54, 1.807) is 6.33 Å². The van der Waals surface area contributed by atoms with Gasteiger partial charge in [0, 0.05) is 30.8 Å². The molecule has 0 unspecified atom stereocenters. The van der Waals surface area contributed by atoms with Gasteiger partial charge >= 0.3 is 0 Å². The molecule has 1 aromatic heterocycles. The molecule has 3 aliphatic heterocycles. The fourth-order valence-corrected chi connectivity index (χ4v) is 5.32. The van der Waals surface area contributed by atoms with Crippen molar-refractivity contribution in [3.8, 4) is 5.75 Å². The minimum atomic E-state index is 0.00713. The molecule has 4 heterocycles. The van der Waals surface area contributed by atoms with Crippen molar-refractivity contribution in [3.63, 3.8) is 0 Å². The number of hydrogen-bond donors (Lipinski definition) is 2. The third-order valence-corrected chi connectivity index (χ3v) is 7.58. The standard InChI is InChI=1S/C27H34N4O3/c32-19-27-9-3-4-12-31(26(33)21-7-8-23-24(17-21)29-20-28-23)15-16-34-25-6-2-1-5-22(25)18-30(13-10-27)14-11-27/h1-2,5-8,17,20,32H,3-4,9-16,18-19H2,(H,28,29). The highest BCUT2D eigenvalue weighted by atomic mass is 16.5. The summed E-state index contributed by atoms with van der Waals surface area (Å²) in [5, 5.41) is 10.2. The fraction of sp³-hybridized carbons (Fsp3) is 0.481. The number of fused-ring (bicyclic) bond motifs is 10. The number of H-pyrrole nitrogens is 1. The normalized spacial score (nSPS) is 24.1. The van der Waals surface area contributed by atoms with Crippen LogP contribution in [0.5, 0.6) is 5.75 Å². The largest absolute Gasteiger partial charge is 0.491 e. The van der Waals surface area contributed by atoms with Gasteiger partial charge in [0.25, 0.3) is 5.91 Å². The number of para-hydroxylation sites is 1. The Morgan fingerprint density at radius 3 is 2.76 bits per heavy atom. The number of hydrogen-bond acceptors (Lipinski definition) is 5. The number of ether oxygens (including phenoxy) is 1. The Bertz CT molecular complexity index is 1120. The smallest absolute Gasteiger partial charge is 0.254 e. The Morgan fingerprint density at radius 2 is 1.91 bits per heavy atom. The summed E-state index contributed by atoms with van der Waals surface area (Å²) >= 11 is 0. The van der Waals surface area contributed by atoms with Gasteiger partial charge in [0.1, 0.15) is 12.4 Å². The van der Waals surface area contributed by atoms with Gasteiger partial charge in [-0.25, -0.2) is 4.98 Å². The van der Waals surface area contributed by atoms with Crippen molar-refractivity contribution in [1.82, 2.24) is 19.8 Å². The lowest BCUT2D eigenvalue weighted by atomic mass is 9.75. The number of aliphatic hydroxyl groups excluding tert-OH is 1. The summed E-state index contributed by atoms with van der Waals surface area (Å²) in [4.78, 5) is 25.2. The summed E-state index contributed by atoms with van der Waals surface area (Å²) in [6.07, 6.45) is 6.60. The summed E-state index contributed by atoms with van der Waals surface area (Å²) in [5.41, 5.74) is 3.57. The van der Waals surface area contributed by atoms with Crippen LogP contribution in [-0.2, 0) is 6.54 Å². The summed E-state index contributed by atoms with van der Waals surface area (Å²) in [7, 11) is 0. The number of aromatic nitrogens is 2. The second-order valence-corrected chi connectivity index (χ2v) is 9.77. The zero-order chi connectivity index (χ0) is 23.4. The van der Waals surface area contributed by atoms with Gasteiger partial charge in [0.05, 0.1) is 23.9 Å². The summed E-state index contributed by atoms with van der Waals surface area (Å²) in [6, 6.07) is 13.8.